The number of hydrogen-bond donors (Lipinski definition) is 3. The molecule has 0 aliphatic heterocycles. The fraction of sp³-hybridized carbons (Fsp3) is 1.00. The summed E-state index contributed by atoms with van der Waals surface area (Å²) in [4.78, 5) is 0. The second-order valence-corrected chi connectivity index (χ2v) is 6.21. The summed E-state index contributed by atoms with van der Waals surface area (Å²) in [6.45, 7) is 1.72. The monoisotopic (exact) mass is 336 g/mol. The minimum atomic E-state index is -0.362. The lowest BCUT2D eigenvalue weighted by Crippen LogP contribution is -2.17. The first-order valence-corrected chi connectivity index (χ1v) is 9.49. The fourth-order valence-corrected chi connectivity index (χ4v) is 2.54. The van der Waals surface area contributed by atoms with Gasteiger partial charge in [0.1, 0.15) is 0 Å². The van der Waals surface area contributed by atoms with Crippen LogP contribution in [0.5, 0.6) is 0 Å². The van der Waals surface area contributed by atoms with Gasteiger partial charge < -0.3 is 19.7 Å². The molecule has 5 heteroatoms. The van der Waals surface area contributed by atoms with Gasteiger partial charge in [-0.15, -0.1) is 0 Å². The highest BCUT2D eigenvalue weighted by Gasteiger charge is 2.03. The zero-order valence-electron chi connectivity index (χ0n) is 14.0. The second kappa shape index (κ2) is 19.2. The van der Waals surface area contributed by atoms with Gasteiger partial charge in [0.15, 0.2) is 0 Å². The Bertz CT molecular complexity index is 205. The van der Waals surface area contributed by atoms with E-state index in [-0.39, 0.29) is 12.7 Å². The van der Waals surface area contributed by atoms with E-state index < -0.39 is 0 Å². The van der Waals surface area contributed by atoms with Crippen molar-refractivity contribution in [1.29, 1.82) is 0 Å². The molecule has 0 heterocycles. The summed E-state index contributed by atoms with van der Waals surface area (Å²) in [6, 6.07) is 0. The molecule has 134 valence electrons. The lowest BCUT2D eigenvalue weighted by Gasteiger charge is -2.11. The second-order valence-electron chi connectivity index (χ2n) is 5.76. The summed E-state index contributed by atoms with van der Waals surface area (Å²) < 4.78 is 10.4. The van der Waals surface area contributed by atoms with Crippen molar-refractivity contribution in [3.63, 3.8) is 0 Å². The Balaban J connectivity index is 3.10. The molecule has 4 nitrogen and oxygen atoms in total. The van der Waals surface area contributed by atoms with E-state index in [0.29, 0.717) is 26.4 Å². The summed E-state index contributed by atoms with van der Waals surface area (Å²) in [5.74, 6) is 1.02. The van der Waals surface area contributed by atoms with Crippen LogP contribution >= 0.6 is 12.6 Å². The van der Waals surface area contributed by atoms with Crippen molar-refractivity contribution in [2.75, 3.05) is 38.8 Å². The third kappa shape index (κ3) is 18.2. The summed E-state index contributed by atoms with van der Waals surface area (Å²) in [5, 5.41) is 18.3. The smallest absolute Gasteiger partial charge is 0.0773 e. The van der Waals surface area contributed by atoms with Crippen molar-refractivity contribution in [2.45, 2.75) is 70.3 Å². The van der Waals surface area contributed by atoms with Crippen molar-refractivity contribution in [3.05, 3.63) is 0 Å². The first kappa shape index (κ1) is 22.2. The van der Waals surface area contributed by atoms with Crippen LogP contribution in [0.4, 0.5) is 0 Å². The fourth-order valence-electron chi connectivity index (χ4n) is 2.32. The standard InChI is InChI=1S/C17H36O4S/c18-11-12-20-13-14-21-16-17(19)10-8-6-4-2-1-3-5-7-9-15-22/h17-19,22H,1-16H2. The van der Waals surface area contributed by atoms with Crippen LogP contribution in [0.3, 0.4) is 0 Å². The predicted molar refractivity (Wildman–Crippen MR) is 94.8 cm³/mol. The molecule has 0 spiro atoms. The molecule has 0 saturated carbocycles. The quantitative estimate of drug-likeness (QED) is 0.266. The Labute approximate surface area is 142 Å². The van der Waals surface area contributed by atoms with Crippen molar-refractivity contribution in [2.24, 2.45) is 0 Å². The van der Waals surface area contributed by atoms with Gasteiger partial charge in [0.25, 0.3) is 0 Å². The van der Waals surface area contributed by atoms with E-state index in [1.807, 2.05) is 0 Å². The lowest BCUT2D eigenvalue weighted by atomic mass is 10.1. The first-order chi connectivity index (χ1) is 10.8. The molecule has 0 aromatic carbocycles. The molecule has 0 aromatic rings. The van der Waals surface area contributed by atoms with Gasteiger partial charge in [-0.05, 0) is 18.6 Å². The molecule has 1 unspecified atom stereocenters. The number of unbranched alkanes of at least 4 members (excludes halogenated alkanes) is 8. The van der Waals surface area contributed by atoms with Gasteiger partial charge in [0.2, 0.25) is 0 Å². The summed E-state index contributed by atoms with van der Waals surface area (Å²) >= 11 is 4.21. The van der Waals surface area contributed by atoms with Gasteiger partial charge in [0, 0.05) is 0 Å². The molecule has 22 heavy (non-hydrogen) atoms. The molecule has 0 aliphatic rings. The molecule has 0 radical (unpaired) electrons. The maximum absolute atomic E-state index is 9.76. The first-order valence-electron chi connectivity index (χ1n) is 8.86. The average Bonchev–Trinajstić information content (AvgIpc) is 2.52. The number of aliphatic hydroxyl groups excluding tert-OH is 2. The predicted octanol–water partition coefficient (Wildman–Crippen LogP) is 3.20. The summed E-state index contributed by atoms with van der Waals surface area (Å²) in [7, 11) is 0. The molecule has 0 amide bonds. The van der Waals surface area contributed by atoms with E-state index in [9.17, 15) is 5.11 Å². The zero-order chi connectivity index (χ0) is 16.3. The van der Waals surface area contributed by atoms with Crippen LogP contribution in [0.1, 0.15) is 64.2 Å². The summed E-state index contributed by atoms with van der Waals surface area (Å²) in [5.41, 5.74) is 0. The van der Waals surface area contributed by atoms with Crippen molar-refractivity contribution in [3.8, 4) is 0 Å². The van der Waals surface area contributed by atoms with Crippen LogP contribution in [0.15, 0.2) is 0 Å². The molecular weight excluding hydrogens is 300 g/mol. The maximum atomic E-state index is 9.76. The minimum absolute atomic E-state index is 0.0400. The van der Waals surface area contributed by atoms with Gasteiger partial charge in [-0.3, -0.25) is 0 Å². The normalized spacial score (nSPS) is 12.7. The highest BCUT2D eigenvalue weighted by Crippen LogP contribution is 2.11. The number of hydrogen-bond acceptors (Lipinski definition) is 5. The number of rotatable bonds is 18. The topological polar surface area (TPSA) is 58.9 Å². The van der Waals surface area contributed by atoms with Gasteiger partial charge in [-0.2, -0.15) is 12.6 Å². The summed E-state index contributed by atoms with van der Waals surface area (Å²) in [6.07, 6.45) is 11.9. The Kier molecular flexibility index (Phi) is 19.4. The van der Waals surface area contributed by atoms with Crippen LogP contribution < -0.4 is 0 Å². The average molecular weight is 337 g/mol. The SMILES string of the molecule is OCCOCCOCC(O)CCCCCCCCCCCS. The third-order valence-corrected chi connectivity index (χ3v) is 3.93. The van der Waals surface area contributed by atoms with E-state index in [4.69, 9.17) is 14.6 Å². The van der Waals surface area contributed by atoms with E-state index >= 15 is 0 Å². The van der Waals surface area contributed by atoms with Crippen molar-refractivity contribution >= 4 is 12.6 Å². The zero-order valence-corrected chi connectivity index (χ0v) is 14.9. The molecule has 2 N–H and O–H groups in total. The Morgan fingerprint density at radius 3 is 1.86 bits per heavy atom. The molecular formula is C17H36O4S. The molecule has 0 aliphatic carbocycles. The molecule has 0 saturated heterocycles. The molecule has 1 atom stereocenters. The molecule has 0 fully saturated rings. The number of aliphatic hydroxyl groups is 2. The van der Waals surface area contributed by atoms with Crippen LogP contribution in [0.2, 0.25) is 0 Å². The Morgan fingerprint density at radius 1 is 0.727 bits per heavy atom. The van der Waals surface area contributed by atoms with Crippen molar-refractivity contribution in [1.82, 2.24) is 0 Å². The highest BCUT2D eigenvalue weighted by molar-refractivity contribution is 7.80. The van der Waals surface area contributed by atoms with E-state index in [2.05, 4.69) is 12.6 Å². The minimum Gasteiger partial charge on any atom is -0.394 e. The Hall–Kier alpha value is 0.190. The van der Waals surface area contributed by atoms with Gasteiger partial charge >= 0.3 is 0 Å². The largest absolute Gasteiger partial charge is 0.394 e. The lowest BCUT2D eigenvalue weighted by molar-refractivity contribution is -0.00465. The van der Waals surface area contributed by atoms with Crippen molar-refractivity contribution < 1.29 is 19.7 Å². The highest BCUT2D eigenvalue weighted by atomic mass is 32.1. The van der Waals surface area contributed by atoms with Gasteiger partial charge in [-0.1, -0.05) is 51.4 Å². The van der Waals surface area contributed by atoms with Crippen LogP contribution in [-0.2, 0) is 9.47 Å². The molecule has 0 rings (SSSR count). The van der Waals surface area contributed by atoms with E-state index in [1.54, 1.807) is 0 Å². The van der Waals surface area contributed by atoms with Crippen LogP contribution in [-0.4, -0.2) is 55.1 Å². The number of thiol groups is 1. The van der Waals surface area contributed by atoms with Gasteiger partial charge in [-0.25, -0.2) is 0 Å². The maximum Gasteiger partial charge on any atom is 0.0773 e. The molecule has 0 aromatic heterocycles. The van der Waals surface area contributed by atoms with Crippen LogP contribution in [0, 0.1) is 0 Å². The third-order valence-electron chi connectivity index (χ3n) is 3.61. The Morgan fingerprint density at radius 2 is 1.27 bits per heavy atom. The molecule has 0 bridgehead atoms. The van der Waals surface area contributed by atoms with Gasteiger partial charge in [0.05, 0.1) is 39.1 Å². The van der Waals surface area contributed by atoms with E-state index in [0.717, 1.165) is 18.6 Å². The van der Waals surface area contributed by atoms with Crippen LogP contribution in [0.25, 0.3) is 0 Å². The number of ether oxygens (including phenoxy) is 2. The van der Waals surface area contributed by atoms with E-state index in [1.165, 1.54) is 51.4 Å².